The van der Waals surface area contributed by atoms with Gasteiger partial charge in [-0.1, -0.05) is 18.5 Å². The smallest absolute Gasteiger partial charge is 0.258 e. The number of halogens is 2. The lowest BCUT2D eigenvalue weighted by molar-refractivity contribution is -0.164. The minimum Gasteiger partial charge on any atom is -0.484 e. The van der Waals surface area contributed by atoms with Crippen molar-refractivity contribution in [1.29, 1.82) is 0 Å². The maximum absolute atomic E-state index is 13.4. The maximum Gasteiger partial charge on any atom is 0.258 e. The van der Waals surface area contributed by atoms with Crippen LogP contribution in [0.15, 0.2) is 24.3 Å². The molecule has 28 heavy (non-hydrogen) atoms. The molecule has 0 aliphatic heterocycles. The Morgan fingerprint density at radius 3 is 2.71 bits per heavy atom. The van der Waals surface area contributed by atoms with Gasteiger partial charge in [-0.25, -0.2) is 4.39 Å². The zero-order valence-corrected chi connectivity index (χ0v) is 16.2. The van der Waals surface area contributed by atoms with Crippen molar-refractivity contribution in [2.75, 3.05) is 6.61 Å². The van der Waals surface area contributed by atoms with Crippen LogP contribution < -0.4 is 10.1 Å². The van der Waals surface area contributed by atoms with Crippen LogP contribution in [0.3, 0.4) is 0 Å². The van der Waals surface area contributed by atoms with Crippen LogP contribution in [0, 0.1) is 11.2 Å². The van der Waals surface area contributed by atoms with E-state index in [1.54, 1.807) is 0 Å². The number of hydrogen-bond donors (Lipinski definition) is 2. The van der Waals surface area contributed by atoms with Gasteiger partial charge in [0, 0.05) is 23.7 Å². The topological polar surface area (TPSA) is 84.1 Å². The molecule has 0 saturated heterocycles. The van der Waals surface area contributed by atoms with Gasteiger partial charge in [0.2, 0.25) is 0 Å². The number of ether oxygens (including phenoxy) is 1. The van der Waals surface area contributed by atoms with Gasteiger partial charge >= 0.3 is 0 Å². The third kappa shape index (κ3) is 3.51. The van der Waals surface area contributed by atoms with Crippen LogP contribution >= 0.6 is 11.6 Å². The van der Waals surface area contributed by atoms with Crippen molar-refractivity contribution in [2.45, 2.75) is 44.6 Å². The van der Waals surface area contributed by atoms with Crippen LogP contribution in [0.1, 0.15) is 48.8 Å². The molecule has 148 valence electrons. The summed E-state index contributed by atoms with van der Waals surface area (Å²) < 4.78 is 18.7. The third-order valence-corrected chi connectivity index (χ3v) is 5.95. The molecule has 0 radical (unpaired) electrons. The van der Waals surface area contributed by atoms with Crippen LogP contribution in [-0.2, 0) is 11.2 Å². The largest absolute Gasteiger partial charge is 0.484 e. The number of amides is 1. The number of ketones is 1. The Balaban J connectivity index is 1.23. The fraction of sp³-hybridized carbons (Fsp3) is 0.450. The van der Waals surface area contributed by atoms with Crippen molar-refractivity contribution in [1.82, 2.24) is 15.5 Å². The lowest BCUT2D eigenvalue weighted by Gasteiger charge is -2.70. The molecule has 3 aliphatic carbocycles. The highest BCUT2D eigenvalue weighted by Gasteiger charge is 2.68. The Hall–Kier alpha value is -2.41. The zero-order valence-electron chi connectivity index (χ0n) is 15.5. The molecule has 0 unspecified atom stereocenters. The number of aromatic amines is 1. The second-order valence-electron chi connectivity index (χ2n) is 7.96. The number of aryl methyl sites for hydroxylation is 1. The summed E-state index contributed by atoms with van der Waals surface area (Å²) in [5, 5.41) is 9.94. The predicted octanol–water partition coefficient (Wildman–Crippen LogP) is 3.46. The third-order valence-electron chi connectivity index (χ3n) is 5.64. The summed E-state index contributed by atoms with van der Waals surface area (Å²) in [5.74, 6) is -0.547. The van der Waals surface area contributed by atoms with Gasteiger partial charge in [-0.3, -0.25) is 14.7 Å². The van der Waals surface area contributed by atoms with Gasteiger partial charge in [0.05, 0.1) is 5.02 Å². The van der Waals surface area contributed by atoms with Crippen LogP contribution in [-0.4, -0.2) is 34.0 Å². The molecule has 2 bridgehead atoms. The number of nitrogens with zero attached hydrogens (tertiary/aromatic N) is 1. The van der Waals surface area contributed by atoms with E-state index in [0.29, 0.717) is 12.1 Å². The molecule has 0 atom stereocenters. The minimum absolute atomic E-state index is 0.00581. The number of rotatable bonds is 8. The summed E-state index contributed by atoms with van der Waals surface area (Å²) in [6, 6.07) is 5.85. The van der Waals surface area contributed by atoms with Crippen LogP contribution in [0.2, 0.25) is 5.02 Å². The summed E-state index contributed by atoms with van der Waals surface area (Å²) in [6.07, 6.45) is 3.64. The van der Waals surface area contributed by atoms with Crippen LogP contribution in [0.25, 0.3) is 0 Å². The molecular weight excluding hydrogens is 385 g/mol. The van der Waals surface area contributed by atoms with E-state index in [0.717, 1.165) is 37.4 Å². The van der Waals surface area contributed by atoms with Crippen LogP contribution in [0.4, 0.5) is 4.39 Å². The average Bonchev–Trinajstić information content (AvgIpc) is 3.09. The van der Waals surface area contributed by atoms with Gasteiger partial charge in [-0.2, -0.15) is 5.10 Å². The van der Waals surface area contributed by atoms with Crippen molar-refractivity contribution in [3.8, 4) is 5.75 Å². The normalized spacial score (nSPS) is 24.8. The Bertz CT molecular complexity index is 923. The zero-order chi connectivity index (χ0) is 19.9. The van der Waals surface area contributed by atoms with Gasteiger partial charge in [0.15, 0.2) is 12.4 Å². The van der Waals surface area contributed by atoms with E-state index >= 15 is 0 Å². The quantitative estimate of drug-likeness (QED) is 0.659. The Kier molecular flexibility index (Phi) is 4.65. The lowest BCUT2D eigenvalue weighted by Crippen LogP contribution is -2.75. The fourth-order valence-corrected chi connectivity index (χ4v) is 4.60. The first-order valence-electron chi connectivity index (χ1n) is 9.28. The van der Waals surface area contributed by atoms with Gasteiger partial charge in [0.25, 0.3) is 5.91 Å². The molecule has 2 N–H and O–H groups in total. The maximum atomic E-state index is 13.4. The monoisotopic (exact) mass is 405 g/mol. The van der Waals surface area contributed by atoms with Crippen molar-refractivity contribution >= 4 is 23.3 Å². The first kappa shape index (κ1) is 18.9. The first-order valence-corrected chi connectivity index (χ1v) is 9.66. The molecular formula is C20H21ClFN3O3. The minimum atomic E-state index is -0.589. The first-order chi connectivity index (χ1) is 13.3. The summed E-state index contributed by atoms with van der Waals surface area (Å²) >= 11 is 5.62. The van der Waals surface area contributed by atoms with E-state index in [1.807, 2.05) is 13.0 Å². The molecule has 0 spiro atoms. The highest BCUT2D eigenvalue weighted by Crippen LogP contribution is 2.69. The van der Waals surface area contributed by atoms with Gasteiger partial charge < -0.3 is 10.1 Å². The summed E-state index contributed by atoms with van der Waals surface area (Å²) in [7, 11) is 0. The predicted molar refractivity (Wildman–Crippen MR) is 101 cm³/mol. The summed E-state index contributed by atoms with van der Waals surface area (Å²) in [4.78, 5) is 24.6. The number of H-pyrrole nitrogens is 1. The van der Waals surface area contributed by atoms with Crippen molar-refractivity contribution in [3.63, 3.8) is 0 Å². The SMILES string of the molecule is CCc1cc(C(=O)CC23CC(NC(=O)COc4ccc(Cl)c(F)c4)(C2)C3)n[nH]1. The second-order valence-corrected chi connectivity index (χ2v) is 8.36. The molecule has 1 aromatic heterocycles. The van der Waals surface area contributed by atoms with Gasteiger partial charge in [0.1, 0.15) is 17.3 Å². The van der Waals surface area contributed by atoms with Crippen molar-refractivity contribution in [2.24, 2.45) is 5.41 Å². The summed E-state index contributed by atoms with van der Waals surface area (Å²) in [5.41, 5.74) is 1.19. The molecule has 1 heterocycles. The van der Waals surface area contributed by atoms with E-state index in [1.165, 1.54) is 12.1 Å². The second kappa shape index (κ2) is 6.88. The van der Waals surface area contributed by atoms with Gasteiger partial charge in [-0.05, 0) is 49.3 Å². The number of benzene rings is 1. The molecule has 6 nitrogen and oxygen atoms in total. The van der Waals surface area contributed by atoms with E-state index in [4.69, 9.17) is 16.3 Å². The number of Topliss-reactive ketones (excluding diaryl/α,β-unsaturated/α-hetero) is 1. The number of hydrogen-bond acceptors (Lipinski definition) is 4. The van der Waals surface area contributed by atoms with Crippen molar-refractivity contribution < 1.29 is 18.7 Å². The van der Waals surface area contributed by atoms with Gasteiger partial charge in [-0.15, -0.1) is 0 Å². The molecule has 3 fully saturated rings. The highest BCUT2D eigenvalue weighted by atomic mass is 35.5. The van der Waals surface area contributed by atoms with E-state index in [9.17, 15) is 14.0 Å². The number of aromatic nitrogens is 2. The molecule has 8 heteroatoms. The molecule has 2 aromatic rings. The number of carbonyl (C=O) groups excluding carboxylic acids is 2. The molecule has 1 amide bonds. The lowest BCUT2D eigenvalue weighted by atomic mass is 9.38. The Labute approximate surface area is 166 Å². The van der Waals surface area contributed by atoms with Crippen molar-refractivity contribution in [3.05, 3.63) is 46.5 Å². The van der Waals surface area contributed by atoms with E-state index in [-0.39, 0.29) is 40.0 Å². The average molecular weight is 406 g/mol. The van der Waals surface area contributed by atoms with E-state index < -0.39 is 5.82 Å². The fourth-order valence-electron chi connectivity index (χ4n) is 4.48. The van der Waals surface area contributed by atoms with Crippen LogP contribution in [0.5, 0.6) is 5.75 Å². The standard InChI is InChI=1S/C20H21ClFN3O3/c1-2-12-5-16(25-24-12)17(26)7-19-9-20(10-19,11-19)23-18(27)8-28-13-3-4-14(21)15(22)6-13/h3-6H,2,7-11H2,1H3,(H,23,27)(H,24,25). The number of nitrogens with one attached hydrogen (secondary N) is 2. The molecule has 3 saturated carbocycles. The highest BCUT2D eigenvalue weighted by molar-refractivity contribution is 6.30. The Morgan fingerprint density at radius 2 is 2.07 bits per heavy atom. The molecule has 1 aromatic carbocycles. The number of carbonyl (C=O) groups is 2. The summed E-state index contributed by atoms with van der Waals surface area (Å²) in [6.45, 7) is 1.81. The Morgan fingerprint density at radius 1 is 1.32 bits per heavy atom. The molecule has 5 rings (SSSR count). The van der Waals surface area contributed by atoms with E-state index in [2.05, 4.69) is 15.5 Å². The molecule has 3 aliphatic rings.